The van der Waals surface area contributed by atoms with Gasteiger partial charge in [0.25, 0.3) is 5.91 Å². The Labute approximate surface area is 146 Å². The molecule has 0 atom stereocenters. The number of nitrogens with one attached hydrogen (secondary N) is 1. The van der Waals surface area contributed by atoms with Crippen LogP contribution < -0.4 is 5.32 Å². The quantitative estimate of drug-likeness (QED) is 0.443. The van der Waals surface area contributed by atoms with E-state index in [1.54, 1.807) is 6.08 Å². The number of thiophene rings is 1. The summed E-state index contributed by atoms with van der Waals surface area (Å²) in [5.74, 6) is -0.716. The van der Waals surface area contributed by atoms with E-state index in [9.17, 15) is 14.4 Å². The molecule has 1 aliphatic heterocycles. The Balaban J connectivity index is 1.62. The Bertz CT molecular complexity index is 612. The van der Waals surface area contributed by atoms with Crippen LogP contribution in [0.4, 0.5) is 0 Å². The van der Waals surface area contributed by atoms with E-state index in [4.69, 9.17) is 17.0 Å². The van der Waals surface area contributed by atoms with Gasteiger partial charge in [0.1, 0.15) is 4.32 Å². The molecule has 9 heteroatoms. The number of carbonyl (C=O) groups is 3. The highest BCUT2D eigenvalue weighted by Crippen LogP contribution is 2.18. The minimum absolute atomic E-state index is 0.0563. The average molecular weight is 370 g/mol. The summed E-state index contributed by atoms with van der Waals surface area (Å²) >= 11 is 7.86. The number of esters is 1. The molecule has 2 heterocycles. The lowest BCUT2D eigenvalue weighted by molar-refractivity contribution is -0.143. The maximum atomic E-state index is 11.6. The van der Waals surface area contributed by atoms with Gasteiger partial charge in [0.15, 0.2) is 6.61 Å². The molecule has 0 radical (unpaired) electrons. The van der Waals surface area contributed by atoms with Crippen LogP contribution >= 0.6 is 35.3 Å². The summed E-state index contributed by atoms with van der Waals surface area (Å²) < 4.78 is 5.34. The van der Waals surface area contributed by atoms with Gasteiger partial charge in [-0.1, -0.05) is 24.0 Å². The Morgan fingerprint density at radius 2 is 2.30 bits per heavy atom. The first-order valence-corrected chi connectivity index (χ1v) is 9.01. The lowest BCUT2D eigenvalue weighted by atomic mass is 10.3. The molecule has 0 aliphatic carbocycles. The fourth-order valence-corrected chi connectivity index (χ4v) is 3.42. The highest BCUT2D eigenvalue weighted by atomic mass is 32.2. The van der Waals surface area contributed by atoms with Crippen LogP contribution in [0.2, 0.25) is 0 Å². The molecule has 122 valence electrons. The first kappa shape index (κ1) is 17.6. The van der Waals surface area contributed by atoms with Gasteiger partial charge in [-0.05, 0) is 28.5 Å². The molecular weight excluding hydrogens is 356 g/mol. The lowest BCUT2D eigenvalue weighted by Gasteiger charge is -2.14. The Morgan fingerprint density at radius 3 is 2.96 bits per heavy atom. The molecule has 1 saturated heterocycles. The van der Waals surface area contributed by atoms with E-state index < -0.39 is 11.9 Å². The molecule has 2 rings (SSSR count). The van der Waals surface area contributed by atoms with Crippen molar-refractivity contribution in [1.82, 2.24) is 10.2 Å². The highest BCUT2D eigenvalue weighted by Gasteiger charge is 2.25. The second-order valence-electron chi connectivity index (χ2n) is 4.45. The van der Waals surface area contributed by atoms with E-state index in [1.807, 2.05) is 16.8 Å². The van der Waals surface area contributed by atoms with Crippen LogP contribution in [-0.2, 0) is 19.1 Å². The van der Waals surface area contributed by atoms with E-state index in [0.717, 1.165) is 5.56 Å². The summed E-state index contributed by atoms with van der Waals surface area (Å²) in [5.41, 5.74) is 0.903. The van der Waals surface area contributed by atoms with E-state index in [1.165, 1.54) is 34.1 Å². The van der Waals surface area contributed by atoms with Crippen molar-refractivity contribution in [3.63, 3.8) is 0 Å². The topological polar surface area (TPSA) is 75.7 Å². The van der Waals surface area contributed by atoms with Gasteiger partial charge >= 0.3 is 5.97 Å². The second-order valence-corrected chi connectivity index (χ2v) is 6.84. The van der Waals surface area contributed by atoms with E-state index in [-0.39, 0.29) is 19.1 Å². The molecule has 1 aromatic heterocycles. The highest BCUT2D eigenvalue weighted by molar-refractivity contribution is 8.23. The zero-order valence-electron chi connectivity index (χ0n) is 12.0. The third-order valence-corrected chi connectivity index (χ3v) is 4.93. The summed E-state index contributed by atoms with van der Waals surface area (Å²) in [6.45, 7) is 0.218. The Kier molecular flexibility index (Phi) is 6.75. The molecule has 1 aromatic rings. The fourth-order valence-electron chi connectivity index (χ4n) is 1.67. The molecule has 0 saturated carbocycles. The zero-order chi connectivity index (χ0) is 16.7. The molecule has 6 nitrogen and oxygen atoms in total. The summed E-state index contributed by atoms with van der Waals surface area (Å²) in [4.78, 5) is 35.9. The predicted octanol–water partition coefficient (Wildman–Crippen LogP) is 1.28. The van der Waals surface area contributed by atoms with Crippen LogP contribution in [0.25, 0.3) is 6.08 Å². The second kappa shape index (κ2) is 8.80. The number of hydrogen-bond acceptors (Lipinski definition) is 7. The molecule has 1 aliphatic rings. The number of amides is 2. The predicted molar refractivity (Wildman–Crippen MR) is 94.1 cm³/mol. The Morgan fingerprint density at radius 1 is 1.48 bits per heavy atom. The summed E-state index contributed by atoms with van der Waals surface area (Å²) in [6.07, 6.45) is 2.89. The van der Waals surface area contributed by atoms with Gasteiger partial charge in [0.05, 0.1) is 5.75 Å². The van der Waals surface area contributed by atoms with Crippen LogP contribution in [0, 0.1) is 0 Å². The standard InChI is InChI=1S/C14H14N2O4S3/c17-11(15-4-5-16-12(18)9-23-14(16)21)7-20-13(19)2-1-10-3-6-22-8-10/h1-3,6,8H,4-5,7,9H2,(H,15,17)/b2-1+. The van der Waals surface area contributed by atoms with Crippen LogP contribution in [0.1, 0.15) is 5.56 Å². The number of ether oxygens (including phenoxy) is 1. The molecule has 0 unspecified atom stereocenters. The van der Waals surface area contributed by atoms with Crippen molar-refractivity contribution < 1.29 is 19.1 Å². The third-order valence-electron chi connectivity index (χ3n) is 2.80. The molecular formula is C14H14N2O4S3. The van der Waals surface area contributed by atoms with Gasteiger partial charge in [0.2, 0.25) is 5.91 Å². The van der Waals surface area contributed by atoms with Crippen LogP contribution in [0.5, 0.6) is 0 Å². The van der Waals surface area contributed by atoms with Crippen molar-refractivity contribution >= 4 is 63.5 Å². The van der Waals surface area contributed by atoms with Gasteiger partial charge in [-0.25, -0.2) is 4.79 Å². The van der Waals surface area contributed by atoms with Crippen molar-refractivity contribution in [2.24, 2.45) is 0 Å². The normalized spacial score (nSPS) is 14.5. The van der Waals surface area contributed by atoms with Gasteiger partial charge in [-0.3, -0.25) is 14.5 Å². The van der Waals surface area contributed by atoms with Crippen LogP contribution in [-0.4, -0.2) is 52.5 Å². The summed E-state index contributed by atoms with van der Waals surface area (Å²) in [7, 11) is 0. The number of thioether (sulfide) groups is 1. The third kappa shape index (κ3) is 5.77. The number of hydrogen-bond donors (Lipinski definition) is 1. The Hall–Kier alpha value is -1.71. The van der Waals surface area contributed by atoms with Crippen LogP contribution in [0.3, 0.4) is 0 Å². The molecule has 0 spiro atoms. The van der Waals surface area contributed by atoms with Gasteiger partial charge < -0.3 is 10.1 Å². The first-order chi connectivity index (χ1) is 11.1. The van der Waals surface area contributed by atoms with E-state index >= 15 is 0 Å². The largest absolute Gasteiger partial charge is 0.452 e. The van der Waals surface area contributed by atoms with E-state index in [0.29, 0.717) is 16.6 Å². The molecule has 2 amide bonds. The van der Waals surface area contributed by atoms with Crippen LogP contribution in [0.15, 0.2) is 22.9 Å². The minimum Gasteiger partial charge on any atom is -0.452 e. The van der Waals surface area contributed by atoms with Crippen molar-refractivity contribution in [2.75, 3.05) is 25.4 Å². The number of nitrogens with zero attached hydrogens (tertiary/aromatic N) is 1. The molecule has 1 fully saturated rings. The molecule has 0 aromatic carbocycles. The van der Waals surface area contributed by atoms with Gasteiger partial charge in [0, 0.05) is 19.2 Å². The number of rotatable bonds is 7. The first-order valence-electron chi connectivity index (χ1n) is 6.67. The maximum Gasteiger partial charge on any atom is 0.331 e. The SMILES string of the molecule is O=C(COC(=O)/C=C/c1ccsc1)NCCN1C(=O)CSC1=S. The van der Waals surface area contributed by atoms with Crippen molar-refractivity contribution in [2.45, 2.75) is 0 Å². The summed E-state index contributed by atoms with van der Waals surface area (Å²) in [5, 5.41) is 6.36. The zero-order valence-corrected chi connectivity index (χ0v) is 14.5. The fraction of sp³-hybridized carbons (Fsp3) is 0.286. The van der Waals surface area contributed by atoms with Gasteiger partial charge in [-0.2, -0.15) is 11.3 Å². The van der Waals surface area contributed by atoms with Gasteiger partial charge in [-0.15, -0.1) is 0 Å². The molecule has 0 bridgehead atoms. The average Bonchev–Trinajstić information content (AvgIpc) is 3.15. The van der Waals surface area contributed by atoms with E-state index in [2.05, 4.69) is 5.32 Å². The van der Waals surface area contributed by atoms with Crippen molar-refractivity contribution in [3.05, 3.63) is 28.5 Å². The van der Waals surface area contributed by atoms with Crippen molar-refractivity contribution in [1.29, 1.82) is 0 Å². The molecule has 23 heavy (non-hydrogen) atoms. The monoisotopic (exact) mass is 370 g/mol. The number of thiocarbonyl (C=S) groups is 1. The lowest BCUT2D eigenvalue weighted by Crippen LogP contribution is -2.38. The minimum atomic E-state index is -0.585. The molecule has 1 N–H and O–H groups in total. The maximum absolute atomic E-state index is 11.6. The smallest absolute Gasteiger partial charge is 0.331 e. The summed E-state index contributed by atoms with van der Waals surface area (Å²) in [6, 6.07) is 1.86. The number of carbonyl (C=O) groups excluding carboxylic acids is 3. The van der Waals surface area contributed by atoms with Crippen molar-refractivity contribution in [3.8, 4) is 0 Å².